The Morgan fingerprint density at radius 1 is 0.862 bits per heavy atom. The van der Waals surface area contributed by atoms with Gasteiger partial charge in [0.1, 0.15) is 11.4 Å². The Labute approximate surface area is 168 Å². The van der Waals surface area contributed by atoms with Crippen molar-refractivity contribution in [3.63, 3.8) is 0 Å². The third-order valence-electron chi connectivity index (χ3n) is 4.58. The number of benzene rings is 3. The van der Waals surface area contributed by atoms with Crippen LogP contribution in [-0.4, -0.2) is 16.9 Å². The number of nitrogens with one attached hydrogen (secondary N) is 1. The van der Waals surface area contributed by atoms with Crippen molar-refractivity contribution in [2.24, 2.45) is 0 Å². The van der Waals surface area contributed by atoms with Crippen LogP contribution in [0.5, 0.6) is 5.75 Å². The summed E-state index contributed by atoms with van der Waals surface area (Å²) in [7, 11) is 0. The van der Waals surface area contributed by atoms with Crippen LogP contribution in [0.25, 0.3) is 10.8 Å². The summed E-state index contributed by atoms with van der Waals surface area (Å²) in [6, 6.07) is 23.1. The zero-order chi connectivity index (χ0) is 20.2. The lowest BCUT2D eigenvalue weighted by molar-refractivity contribution is 0.0737. The molecule has 5 heteroatoms. The Morgan fingerprint density at radius 2 is 1.66 bits per heavy atom. The molecule has 1 heterocycles. The van der Waals surface area contributed by atoms with Gasteiger partial charge in [-0.3, -0.25) is 9.78 Å². The molecular formula is C24H18N2O3. The summed E-state index contributed by atoms with van der Waals surface area (Å²) in [5.41, 5.74) is 2.32. The summed E-state index contributed by atoms with van der Waals surface area (Å²) in [5.74, 6) is -0.405. The smallest absolute Gasteiger partial charge is 0.343 e. The van der Waals surface area contributed by atoms with Crippen molar-refractivity contribution >= 4 is 28.3 Å². The number of carbonyl (C=O) groups excluding carboxylic acids is 2. The third-order valence-corrected chi connectivity index (χ3v) is 4.58. The van der Waals surface area contributed by atoms with Gasteiger partial charge >= 0.3 is 5.97 Å². The molecule has 3 aromatic carbocycles. The molecule has 0 unspecified atom stereocenters. The van der Waals surface area contributed by atoms with E-state index in [2.05, 4.69) is 10.3 Å². The lowest BCUT2D eigenvalue weighted by Crippen LogP contribution is -2.14. The van der Waals surface area contributed by atoms with Gasteiger partial charge in [-0.25, -0.2) is 4.79 Å². The number of hydrogen-bond donors (Lipinski definition) is 1. The monoisotopic (exact) mass is 382 g/mol. The molecule has 0 fully saturated rings. The molecule has 5 nitrogen and oxygen atoms in total. The largest absolute Gasteiger partial charge is 0.422 e. The predicted octanol–water partition coefficient (Wildman–Crippen LogP) is 5.01. The predicted molar refractivity (Wildman–Crippen MR) is 112 cm³/mol. The van der Waals surface area contributed by atoms with E-state index in [9.17, 15) is 9.59 Å². The molecule has 4 aromatic rings. The molecule has 1 aromatic heterocycles. The molecule has 0 saturated carbocycles. The van der Waals surface area contributed by atoms with Crippen LogP contribution in [0, 0.1) is 6.92 Å². The van der Waals surface area contributed by atoms with E-state index in [1.807, 2.05) is 31.2 Å². The average Bonchev–Trinajstić information content (AvgIpc) is 2.77. The van der Waals surface area contributed by atoms with E-state index in [0.29, 0.717) is 28.1 Å². The highest BCUT2D eigenvalue weighted by molar-refractivity contribution is 6.11. The van der Waals surface area contributed by atoms with Crippen molar-refractivity contribution in [3.05, 3.63) is 102 Å². The fraction of sp³-hybridized carbons (Fsp3) is 0.0417. The summed E-state index contributed by atoms with van der Waals surface area (Å²) < 4.78 is 5.69. The number of carbonyl (C=O) groups is 2. The van der Waals surface area contributed by atoms with Crippen LogP contribution >= 0.6 is 0 Å². The van der Waals surface area contributed by atoms with Crippen molar-refractivity contribution in [2.75, 3.05) is 5.32 Å². The number of amides is 1. The van der Waals surface area contributed by atoms with Crippen molar-refractivity contribution in [1.82, 2.24) is 4.98 Å². The van der Waals surface area contributed by atoms with E-state index in [1.165, 1.54) is 0 Å². The van der Waals surface area contributed by atoms with E-state index < -0.39 is 5.97 Å². The number of aryl methyl sites for hydroxylation is 1. The molecule has 0 aliphatic carbocycles. The normalized spacial score (nSPS) is 10.5. The van der Waals surface area contributed by atoms with Gasteiger partial charge < -0.3 is 10.1 Å². The molecule has 0 aliphatic rings. The van der Waals surface area contributed by atoms with Gasteiger partial charge in [-0.1, -0.05) is 42.5 Å². The molecule has 0 spiro atoms. The molecule has 0 saturated heterocycles. The summed E-state index contributed by atoms with van der Waals surface area (Å²) in [5, 5.41) is 4.45. The summed E-state index contributed by atoms with van der Waals surface area (Å²) in [6.07, 6.45) is 1.56. The van der Waals surface area contributed by atoms with E-state index >= 15 is 0 Å². The Bertz CT molecular complexity index is 1130. The maximum absolute atomic E-state index is 12.6. The topological polar surface area (TPSA) is 68.3 Å². The van der Waals surface area contributed by atoms with Crippen LogP contribution < -0.4 is 10.1 Å². The van der Waals surface area contributed by atoms with Crippen LogP contribution in [0.3, 0.4) is 0 Å². The van der Waals surface area contributed by atoms with Crippen LogP contribution in [0.4, 0.5) is 5.69 Å². The Kier molecular flexibility index (Phi) is 5.03. The molecule has 1 amide bonds. The molecule has 142 valence electrons. The number of rotatable bonds is 4. The standard InChI is InChI=1S/C24H18N2O3/c1-16-13-14-19(26-23(27)20-11-5-6-15-25-20)22-18(16)10-7-12-21(22)29-24(28)17-8-3-2-4-9-17/h2-15H,1H3,(H,26,27). The zero-order valence-electron chi connectivity index (χ0n) is 15.8. The SMILES string of the molecule is Cc1ccc(NC(=O)c2ccccn2)c2c(OC(=O)c3ccccc3)cccc12. The lowest BCUT2D eigenvalue weighted by atomic mass is 10.0. The number of ether oxygens (including phenoxy) is 1. The number of pyridine rings is 1. The molecular weight excluding hydrogens is 364 g/mol. The molecule has 0 bridgehead atoms. The first-order chi connectivity index (χ1) is 14.1. The van der Waals surface area contributed by atoms with Gasteiger partial charge in [-0.2, -0.15) is 0 Å². The fourth-order valence-electron chi connectivity index (χ4n) is 3.12. The van der Waals surface area contributed by atoms with Crippen molar-refractivity contribution < 1.29 is 14.3 Å². The highest BCUT2D eigenvalue weighted by Gasteiger charge is 2.16. The van der Waals surface area contributed by atoms with Gasteiger partial charge in [0.05, 0.1) is 11.3 Å². The number of anilines is 1. The average molecular weight is 382 g/mol. The fourth-order valence-corrected chi connectivity index (χ4v) is 3.12. The van der Waals surface area contributed by atoms with Crippen LogP contribution in [0.15, 0.2) is 85.1 Å². The Hall–Kier alpha value is -3.99. The van der Waals surface area contributed by atoms with Crippen LogP contribution in [-0.2, 0) is 0 Å². The van der Waals surface area contributed by atoms with E-state index in [0.717, 1.165) is 10.9 Å². The third kappa shape index (κ3) is 3.84. The second-order valence-corrected chi connectivity index (χ2v) is 6.53. The minimum absolute atomic E-state index is 0.306. The number of aromatic nitrogens is 1. The Morgan fingerprint density at radius 3 is 2.41 bits per heavy atom. The van der Waals surface area contributed by atoms with Gasteiger partial charge in [0, 0.05) is 11.6 Å². The molecule has 0 radical (unpaired) electrons. The highest BCUT2D eigenvalue weighted by atomic mass is 16.5. The van der Waals surface area contributed by atoms with E-state index in [4.69, 9.17) is 4.74 Å². The van der Waals surface area contributed by atoms with Gasteiger partial charge in [0.15, 0.2) is 0 Å². The first-order valence-electron chi connectivity index (χ1n) is 9.15. The first kappa shape index (κ1) is 18.4. The number of esters is 1. The van der Waals surface area contributed by atoms with Crippen LogP contribution in [0.2, 0.25) is 0 Å². The second-order valence-electron chi connectivity index (χ2n) is 6.53. The molecule has 29 heavy (non-hydrogen) atoms. The van der Waals surface area contributed by atoms with Gasteiger partial charge in [0.25, 0.3) is 5.91 Å². The minimum Gasteiger partial charge on any atom is -0.422 e. The van der Waals surface area contributed by atoms with Crippen molar-refractivity contribution in [1.29, 1.82) is 0 Å². The number of hydrogen-bond acceptors (Lipinski definition) is 4. The van der Waals surface area contributed by atoms with E-state index in [1.54, 1.807) is 60.8 Å². The van der Waals surface area contributed by atoms with Gasteiger partial charge in [0.2, 0.25) is 0 Å². The van der Waals surface area contributed by atoms with Crippen molar-refractivity contribution in [2.45, 2.75) is 6.92 Å². The molecule has 0 aliphatic heterocycles. The maximum Gasteiger partial charge on any atom is 0.343 e. The summed E-state index contributed by atoms with van der Waals surface area (Å²) >= 11 is 0. The van der Waals surface area contributed by atoms with Gasteiger partial charge in [-0.15, -0.1) is 0 Å². The van der Waals surface area contributed by atoms with Gasteiger partial charge in [-0.05, 0) is 54.3 Å². The summed E-state index contributed by atoms with van der Waals surface area (Å²) in [6.45, 7) is 1.97. The minimum atomic E-state index is -0.457. The molecule has 0 atom stereocenters. The van der Waals surface area contributed by atoms with E-state index in [-0.39, 0.29) is 5.91 Å². The highest BCUT2D eigenvalue weighted by Crippen LogP contribution is 2.35. The lowest BCUT2D eigenvalue weighted by Gasteiger charge is -2.14. The van der Waals surface area contributed by atoms with Crippen molar-refractivity contribution in [3.8, 4) is 5.75 Å². The summed E-state index contributed by atoms with van der Waals surface area (Å²) in [4.78, 5) is 29.3. The molecule has 1 N–H and O–H groups in total. The number of nitrogens with zero attached hydrogens (tertiary/aromatic N) is 1. The Balaban J connectivity index is 1.75. The second kappa shape index (κ2) is 7.94. The quantitative estimate of drug-likeness (QED) is 0.398. The number of fused-ring (bicyclic) bond motifs is 1. The molecule has 4 rings (SSSR count). The van der Waals surface area contributed by atoms with Crippen LogP contribution in [0.1, 0.15) is 26.4 Å². The maximum atomic E-state index is 12.6. The first-order valence-corrected chi connectivity index (χ1v) is 9.15. The zero-order valence-corrected chi connectivity index (χ0v) is 15.8.